The van der Waals surface area contributed by atoms with Gasteiger partial charge >= 0.3 is 0 Å². The zero-order chi connectivity index (χ0) is 13.6. The van der Waals surface area contributed by atoms with Gasteiger partial charge in [-0.15, -0.1) is 0 Å². The SMILES string of the molecule is O=S(=O)(CCc1ccccn1)NCC1CCCCN1. The van der Waals surface area contributed by atoms with Crippen molar-refractivity contribution < 1.29 is 8.42 Å². The third kappa shape index (κ3) is 5.26. The van der Waals surface area contributed by atoms with E-state index < -0.39 is 10.0 Å². The molecule has 0 aliphatic carbocycles. The normalized spacial score (nSPS) is 20.3. The van der Waals surface area contributed by atoms with Crippen LogP contribution in [0, 0.1) is 0 Å². The molecule has 1 unspecified atom stereocenters. The maximum absolute atomic E-state index is 11.9. The predicted molar refractivity (Wildman–Crippen MR) is 75.4 cm³/mol. The lowest BCUT2D eigenvalue weighted by molar-refractivity contribution is 0.398. The summed E-state index contributed by atoms with van der Waals surface area (Å²) in [5.41, 5.74) is 0.809. The van der Waals surface area contributed by atoms with Crippen molar-refractivity contribution in [3.8, 4) is 0 Å². The van der Waals surface area contributed by atoms with E-state index in [0.717, 1.165) is 18.7 Å². The molecule has 2 rings (SSSR count). The molecule has 2 heterocycles. The van der Waals surface area contributed by atoms with E-state index >= 15 is 0 Å². The van der Waals surface area contributed by atoms with Crippen molar-refractivity contribution in [2.24, 2.45) is 0 Å². The number of pyridine rings is 1. The number of nitrogens with one attached hydrogen (secondary N) is 2. The number of hydrogen-bond donors (Lipinski definition) is 2. The molecule has 0 radical (unpaired) electrons. The van der Waals surface area contributed by atoms with Crippen LogP contribution in [0.5, 0.6) is 0 Å². The van der Waals surface area contributed by atoms with Crippen molar-refractivity contribution in [1.29, 1.82) is 0 Å². The summed E-state index contributed by atoms with van der Waals surface area (Å²) in [5.74, 6) is 0.0940. The van der Waals surface area contributed by atoms with E-state index in [1.54, 1.807) is 6.20 Å². The molecule has 106 valence electrons. The Bertz CT molecular complexity index is 470. The number of sulfonamides is 1. The van der Waals surface area contributed by atoms with E-state index in [1.807, 2.05) is 18.2 Å². The maximum Gasteiger partial charge on any atom is 0.212 e. The largest absolute Gasteiger partial charge is 0.313 e. The van der Waals surface area contributed by atoms with Crippen LogP contribution in [0.25, 0.3) is 0 Å². The first-order chi connectivity index (χ1) is 9.16. The molecule has 5 nitrogen and oxygen atoms in total. The third-order valence-electron chi connectivity index (χ3n) is 3.32. The Morgan fingerprint density at radius 3 is 2.95 bits per heavy atom. The fourth-order valence-corrected chi connectivity index (χ4v) is 3.26. The highest BCUT2D eigenvalue weighted by atomic mass is 32.2. The molecule has 0 aromatic carbocycles. The molecular weight excluding hydrogens is 262 g/mol. The fraction of sp³-hybridized carbons (Fsp3) is 0.615. The van der Waals surface area contributed by atoms with Gasteiger partial charge in [0, 0.05) is 30.9 Å². The van der Waals surface area contributed by atoms with E-state index in [2.05, 4.69) is 15.0 Å². The average molecular weight is 283 g/mol. The van der Waals surface area contributed by atoms with Crippen LogP contribution >= 0.6 is 0 Å². The Kier molecular flexibility index (Phi) is 5.30. The average Bonchev–Trinajstić information content (AvgIpc) is 2.46. The Morgan fingerprint density at radius 1 is 1.37 bits per heavy atom. The Balaban J connectivity index is 1.75. The van der Waals surface area contributed by atoms with Crippen LogP contribution in [0.3, 0.4) is 0 Å². The first-order valence-corrected chi connectivity index (χ1v) is 8.41. The standard InChI is InChI=1S/C13H21N3O2S/c17-19(18,10-7-12-5-1-3-8-14-12)16-11-13-6-2-4-9-15-13/h1,3,5,8,13,15-16H,2,4,6-7,9-11H2. The molecule has 0 saturated carbocycles. The van der Waals surface area contributed by atoms with Gasteiger partial charge in [0.1, 0.15) is 0 Å². The lowest BCUT2D eigenvalue weighted by Gasteiger charge is -2.23. The summed E-state index contributed by atoms with van der Waals surface area (Å²) in [6.45, 7) is 1.48. The molecule has 0 bridgehead atoms. The molecule has 1 aliphatic heterocycles. The highest BCUT2D eigenvalue weighted by Gasteiger charge is 2.16. The van der Waals surface area contributed by atoms with Gasteiger partial charge in [0.2, 0.25) is 10.0 Å². The molecular formula is C13H21N3O2S. The van der Waals surface area contributed by atoms with Crippen LogP contribution in [0.15, 0.2) is 24.4 Å². The summed E-state index contributed by atoms with van der Waals surface area (Å²) in [4.78, 5) is 4.13. The number of nitrogens with zero attached hydrogens (tertiary/aromatic N) is 1. The molecule has 19 heavy (non-hydrogen) atoms. The number of rotatable bonds is 6. The quantitative estimate of drug-likeness (QED) is 0.805. The molecule has 1 aliphatic rings. The molecule has 0 amide bonds. The van der Waals surface area contributed by atoms with Crippen molar-refractivity contribution in [2.45, 2.75) is 31.7 Å². The number of hydrogen-bond acceptors (Lipinski definition) is 4. The van der Waals surface area contributed by atoms with Crippen LogP contribution < -0.4 is 10.0 Å². The summed E-state index contributed by atoms with van der Waals surface area (Å²) < 4.78 is 26.4. The van der Waals surface area contributed by atoms with Crippen molar-refractivity contribution in [1.82, 2.24) is 15.0 Å². The van der Waals surface area contributed by atoms with E-state index in [1.165, 1.54) is 12.8 Å². The minimum atomic E-state index is -3.21. The third-order valence-corrected chi connectivity index (χ3v) is 4.66. The van der Waals surface area contributed by atoms with Crippen LogP contribution in [-0.2, 0) is 16.4 Å². The molecule has 1 aromatic rings. The minimum Gasteiger partial charge on any atom is -0.313 e. The smallest absolute Gasteiger partial charge is 0.212 e. The molecule has 6 heteroatoms. The van der Waals surface area contributed by atoms with Crippen LogP contribution in [-0.4, -0.2) is 38.3 Å². The van der Waals surface area contributed by atoms with Crippen LogP contribution in [0.2, 0.25) is 0 Å². The van der Waals surface area contributed by atoms with Crippen LogP contribution in [0.1, 0.15) is 25.0 Å². The summed E-state index contributed by atoms with van der Waals surface area (Å²) in [6, 6.07) is 5.82. The van der Waals surface area contributed by atoms with Crippen molar-refractivity contribution >= 4 is 10.0 Å². The van der Waals surface area contributed by atoms with Crippen molar-refractivity contribution in [3.05, 3.63) is 30.1 Å². The monoisotopic (exact) mass is 283 g/mol. The molecule has 1 saturated heterocycles. The van der Waals surface area contributed by atoms with Gasteiger partial charge in [0.15, 0.2) is 0 Å². The van der Waals surface area contributed by atoms with E-state index in [9.17, 15) is 8.42 Å². The second-order valence-corrected chi connectivity index (χ2v) is 6.81. The first kappa shape index (κ1) is 14.4. The Hall–Kier alpha value is -0.980. The van der Waals surface area contributed by atoms with E-state index in [-0.39, 0.29) is 11.8 Å². The van der Waals surface area contributed by atoms with Gasteiger partial charge in [-0.1, -0.05) is 12.5 Å². The summed E-state index contributed by atoms with van der Waals surface area (Å²) in [7, 11) is -3.21. The van der Waals surface area contributed by atoms with E-state index in [4.69, 9.17) is 0 Å². The fourth-order valence-electron chi connectivity index (χ4n) is 2.18. The highest BCUT2D eigenvalue weighted by molar-refractivity contribution is 7.89. The summed E-state index contributed by atoms with van der Waals surface area (Å²) in [6.07, 6.45) is 5.54. The second kappa shape index (κ2) is 6.98. The van der Waals surface area contributed by atoms with Gasteiger partial charge in [0.05, 0.1) is 5.75 Å². The molecule has 1 atom stereocenters. The predicted octanol–water partition coefficient (Wildman–Crippen LogP) is 0.686. The van der Waals surface area contributed by atoms with Gasteiger partial charge in [-0.25, -0.2) is 13.1 Å². The number of piperidine rings is 1. The van der Waals surface area contributed by atoms with Crippen molar-refractivity contribution in [2.75, 3.05) is 18.8 Å². The molecule has 1 fully saturated rings. The van der Waals surface area contributed by atoms with Gasteiger partial charge in [-0.05, 0) is 31.5 Å². The van der Waals surface area contributed by atoms with Gasteiger partial charge in [-0.2, -0.15) is 0 Å². The molecule has 2 N–H and O–H groups in total. The number of aryl methyl sites for hydroxylation is 1. The zero-order valence-electron chi connectivity index (χ0n) is 11.0. The Morgan fingerprint density at radius 2 is 2.26 bits per heavy atom. The molecule has 1 aromatic heterocycles. The summed E-state index contributed by atoms with van der Waals surface area (Å²) >= 11 is 0. The summed E-state index contributed by atoms with van der Waals surface area (Å²) in [5, 5.41) is 3.33. The second-order valence-electron chi connectivity index (χ2n) is 4.89. The van der Waals surface area contributed by atoms with Crippen LogP contribution in [0.4, 0.5) is 0 Å². The van der Waals surface area contributed by atoms with Gasteiger partial charge in [0.25, 0.3) is 0 Å². The lowest BCUT2D eigenvalue weighted by atomic mass is 10.1. The van der Waals surface area contributed by atoms with Gasteiger partial charge in [-0.3, -0.25) is 4.98 Å². The first-order valence-electron chi connectivity index (χ1n) is 6.76. The Labute approximate surface area is 114 Å². The lowest BCUT2D eigenvalue weighted by Crippen LogP contribution is -2.44. The highest BCUT2D eigenvalue weighted by Crippen LogP contribution is 2.06. The topological polar surface area (TPSA) is 71.1 Å². The maximum atomic E-state index is 11.9. The minimum absolute atomic E-state index is 0.0940. The van der Waals surface area contributed by atoms with Crippen molar-refractivity contribution in [3.63, 3.8) is 0 Å². The number of aromatic nitrogens is 1. The zero-order valence-corrected chi connectivity index (χ0v) is 11.8. The molecule has 0 spiro atoms. The van der Waals surface area contributed by atoms with E-state index in [0.29, 0.717) is 13.0 Å². The van der Waals surface area contributed by atoms with Gasteiger partial charge < -0.3 is 5.32 Å².